The molecule has 0 radical (unpaired) electrons. The quantitative estimate of drug-likeness (QED) is 0.710. The van der Waals surface area contributed by atoms with Crippen molar-refractivity contribution in [3.8, 4) is 5.75 Å². The van der Waals surface area contributed by atoms with E-state index in [1.807, 2.05) is 42.5 Å². The van der Waals surface area contributed by atoms with E-state index in [1.165, 1.54) is 19.3 Å². The van der Waals surface area contributed by atoms with Crippen LogP contribution in [0.1, 0.15) is 72.9 Å². The number of rotatable bonds is 5. The molecule has 1 saturated heterocycles. The molecule has 4 nitrogen and oxygen atoms in total. The molecule has 0 bridgehead atoms. The minimum absolute atomic E-state index is 0.0514. The number of hydrogen-bond acceptors (Lipinski definition) is 4. The Hall–Kier alpha value is -2.17. The number of fused-ring (bicyclic) bond motifs is 1. The van der Waals surface area contributed by atoms with Gasteiger partial charge in [-0.2, -0.15) is 0 Å². The van der Waals surface area contributed by atoms with Gasteiger partial charge in [0.15, 0.2) is 5.78 Å². The number of benzene rings is 2. The molecule has 2 fully saturated rings. The van der Waals surface area contributed by atoms with E-state index in [0.717, 1.165) is 80.6 Å². The number of aryl methyl sites for hydroxylation is 1. The first kappa shape index (κ1) is 21.7. The summed E-state index contributed by atoms with van der Waals surface area (Å²) in [6.45, 7) is 2.45. The second-order valence-electron chi connectivity index (χ2n) is 9.99. The lowest BCUT2D eigenvalue weighted by atomic mass is 9.81. The number of aliphatic hydroxyl groups is 1. The van der Waals surface area contributed by atoms with Gasteiger partial charge in [0.05, 0.1) is 11.7 Å². The fourth-order valence-electron chi connectivity index (χ4n) is 5.78. The Balaban J connectivity index is 1.18. The molecular formula is C28H35NO3. The lowest BCUT2D eigenvalue weighted by Gasteiger charge is -2.40. The zero-order valence-corrected chi connectivity index (χ0v) is 19.0. The maximum absolute atomic E-state index is 13.2. The lowest BCUT2D eigenvalue weighted by molar-refractivity contribution is -0.0283. The van der Waals surface area contributed by atoms with Crippen molar-refractivity contribution < 1.29 is 14.6 Å². The summed E-state index contributed by atoms with van der Waals surface area (Å²) in [5.41, 5.74) is 2.30. The van der Waals surface area contributed by atoms with Crippen molar-refractivity contribution >= 4 is 5.78 Å². The molecule has 1 unspecified atom stereocenters. The number of carbonyl (C=O) groups is 1. The first-order chi connectivity index (χ1) is 15.6. The van der Waals surface area contributed by atoms with Crippen LogP contribution in [0.5, 0.6) is 5.75 Å². The zero-order valence-electron chi connectivity index (χ0n) is 19.0. The van der Waals surface area contributed by atoms with Crippen molar-refractivity contribution in [2.75, 3.05) is 19.6 Å². The highest BCUT2D eigenvalue weighted by molar-refractivity contribution is 6.00. The van der Waals surface area contributed by atoms with Crippen LogP contribution in [0, 0.1) is 5.92 Å². The van der Waals surface area contributed by atoms with Gasteiger partial charge in [0, 0.05) is 31.1 Å². The van der Waals surface area contributed by atoms with Gasteiger partial charge in [-0.1, -0.05) is 36.8 Å². The topological polar surface area (TPSA) is 49.8 Å². The minimum atomic E-state index is -0.740. The van der Waals surface area contributed by atoms with Crippen LogP contribution in [0.2, 0.25) is 0 Å². The van der Waals surface area contributed by atoms with Gasteiger partial charge >= 0.3 is 0 Å². The molecule has 1 atom stereocenters. The van der Waals surface area contributed by atoms with Crippen molar-refractivity contribution in [3.63, 3.8) is 0 Å². The Morgan fingerprint density at radius 2 is 1.72 bits per heavy atom. The first-order valence-electron chi connectivity index (χ1n) is 12.4. The fraction of sp³-hybridized carbons (Fsp3) is 0.536. The van der Waals surface area contributed by atoms with E-state index in [0.29, 0.717) is 6.10 Å². The SMILES string of the molecule is O=C1c2ccc(OC3CCCCC3)cc2CCC1CN1CCC(O)(c2ccccc2)CC1. The van der Waals surface area contributed by atoms with Gasteiger partial charge in [0.1, 0.15) is 5.75 Å². The summed E-state index contributed by atoms with van der Waals surface area (Å²) in [5.74, 6) is 1.26. The predicted octanol–water partition coefficient (Wildman–Crippen LogP) is 5.13. The molecule has 170 valence electrons. The molecule has 4 heteroatoms. The number of nitrogens with zero attached hydrogens (tertiary/aromatic N) is 1. The number of ether oxygens (including phenoxy) is 1. The Kier molecular flexibility index (Phi) is 6.34. The summed E-state index contributed by atoms with van der Waals surface area (Å²) in [5, 5.41) is 11.1. The monoisotopic (exact) mass is 433 g/mol. The summed E-state index contributed by atoms with van der Waals surface area (Å²) in [4.78, 5) is 15.6. The van der Waals surface area contributed by atoms with Crippen molar-refractivity contribution in [2.45, 2.75) is 69.5 Å². The molecule has 3 aliphatic rings. The highest BCUT2D eigenvalue weighted by Crippen LogP contribution is 2.35. The van der Waals surface area contributed by atoms with Crippen LogP contribution < -0.4 is 4.74 Å². The molecule has 2 aromatic carbocycles. The number of piperidine rings is 1. The molecule has 1 heterocycles. The highest BCUT2D eigenvalue weighted by Gasteiger charge is 2.36. The fourth-order valence-corrected chi connectivity index (χ4v) is 5.78. The third-order valence-corrected chi connectivity index (χ3v) is 7.80. The third kappa shape index (κ3) is 4.62. The van der Waals surface area contributed by atoms with E-state index < -0.39 is 5.60 Å². The maximum Gasteiger partial charge on any atom is 0.167 e. The van der Waals surface area contributed by atoms with Crippen LogP contribution in [0.15, 0.2) is 48.5 Å². The van der Waals surface area contributed by atoms with Crippen molar-refractivity contribution in [2.24, 2.45) is 5.92 Å². The Morgan fingerprint density at radius 1 is 0.969 bits per heavy atom. The highest BCUT2D eigenvalue weighted by atomic mass is 16.5. The second-order valence-corrected chi connectivity index (χ2v) is 9.99. The number of Topliss-reactive ketones (excluding diaryl/α,β-unsaturated/α-hetero) is 1. The minimum Gasteiger partial charge on any atom is -0.490 e. The van der Waals surface area contributed by atoms with E-state index >= 15 is 0 Å². The molecule has 2 aliphatic carbocycles. The molecular weight excluding hydrogens is 398 g/mol. The van der Waals surface area contributed by atoms with Gasteiger partial charge in [-0.05, 0) is 80.7 Å². The number of carbonyl (C=O) groups excluding carboxylic acids is 1. The van der Waals surface area contributed by atoms with Crippen LogP contribution in [-0.4, -0.2) is 41.5 Å². The average molecular weight is 434 g/mol. The lowest BCUT2D eigenvalue weighted by Crippen LogP contribution is -2.45. The van der Waals surface area contributed by atoms with Crippen molar-refractivity contribution in [1.82, 2.24) is 4.90 Å². The molecule has 1 saturated carbocycles. The van der Waals surface area contributed by atoms with Crippen LogP contribution in [0.4, 0.5) is 0 Å². The second kappa shape index (κ2) is 9.36. The molecule has 5 rings (SSSR count). The van der Waals surface area contributed by atoms with Gasteiger partial charge in [0.25, 0.3) is 0 Å². The largest absolute Gasteiger partial charge is 0.490 e. The molecule has 0 spiro atoms. The van der Waals surface area contributed by atoms with Gasteiger partial charge in [-0.3, -0.25) is 4.79 Å². The molecule has 0 aromatic heterocycles. The number of likely N-dealkylation sites (tertiary alicyclic amines) is 1. The van der Waals surface area contributed by atoms with Crippen molar-refractivity contribution in [3.05, 3.63) is 65.2 Å². The van der Waals surface area contributed by atoms with Gasteiger partial charge < -0.3 is 14.7 Å². The summed E-state index contributed by atoms with van der Waals surface area (Å²) in [6.07, 6.45) is 9.75. The van der Waals surface area contributed by atoms with E-state index in [-0.39, 0.29) is 11.7 Å². The first-order valence-corrected chi connectivity index (χ1v) is 12.4. The normalized spacial score (nSPS) is 24.2. The summed E-state index contributed by atoms with van der Waals surface area (Å²) in [7, 11) is 0. The van der Waals surface area contributed by atoms with E-state index in [2.05, 4.69) is 11.0 Å². The van der Waals surface area contributed by atoms with E-state index in [9.17, 15) is 9.90 Å². The van der Waals surface area contributed by atoms with Gasteiger partial charge in [-0.15, -0.1) is 0 Å². The van der Waals surface area contributed by atoms with Crippen LogP contribution in [0.25, 0.3) is 0 Å². The Labute approximate surface area is 191 Å². The summed E-state index contributed by atoms with van der Waals surface area (Å²) in [6, 6.07) is 16.1. The van der Waals surface area contributed by atoms with Crippen LogP contribution in [0.3, 0.4) is 0 Å². The molecule has 2 aromatic rings. The smallest absolute Gasteiger partial charge is 0.167 e. The maximum atomic E-state index is 13.2. The molecule has 1 N–H and O–H groups in total. The number of ketones is 1. The third-order valence-electron chi connectivity index (χ3n) is 7.80. The Bertz CT molecular complexity index is 927. The molecule has 1 aliphatic heterocycles. The zero-order chi connectivity index (χ0) is 22.0. The van der Waals surface area contributed by atoms with Gasteiger partial charge in [-0.25, -0.2) is 0 Å². The molecule has 32 heavy (non-hydrogen) atoms. The summed E-state index contributed by atoms with van der Waals surface area (Å²) < 4.78 is 6.22. The number of hydrogen-bond donors (Lipinski definition) is 1. The Morgan fingerprint density at radius 3 is 2.47 bits per heavy atom. The summed E-state index contributed by atoms with van der Waals surface area (Å²) >= 11 is 0. The van der Waals surface area contributed by atoms with Gasteiger partial charge in [0.2, 0.25) is 0 Å². The molecule has 0 amide bonds. The predicted molar refractivity (Wildman–Crippen MR) is 126 cm³/mol. The standard InChI is InChI=1S/C28H35NO3/c30-27-22(20-29-17-15-28(31,16-18-29)23-7-3-1-4-8-23)12-11-21-19-25(13-14-26(21)27)32-24-9-5-2-6-10-24/h1,3-4,7-8,13-14,19,22,24,31H,2,5-6,9-12,15-18,20H2. The average Bonchev–Trinajstić information content (AvgIpc) is 2.84. The van der Waals surface area contributed by atoms with E-state index in [4.69, 9.17) is 4.74 Å². The van der Waals surface area contributed by atoms with Crippen molar-refractivity contribution in [1.29, 1.82) is 0 Å². The van der Waals surface area contributed by atoms with Crippen LogP contribution >= 0.6 is 0 Å². The van der Waals surface area contributed by atoms with Crippen LogP contribution in [-0.2, 0) is 12.0 Å². The van der Waals surface area contributed by atoms with E-state index in [1.54, 1.807) is 0 Å².